The van der Waals surface area contributed by atoms with E-state index < -0.39 is 0 Å². The van der Waals surface area contributed by atoms with Gasteiger partial charge in [-0.25, -0.2) is 0 Å². The van der Waals surface area contributed by atoms with Crippen molar-refractivity contribution in [2.75, 3.05) is 0 Å². The summed E-state index contributed by atoms with van der Waals surface area (Å²) < 4.78 is 0. The van der Waals surface area contributed by atoms with Crippen molar-refractivity contribution in [3.8, 4) is 0 Å². The number of carbonyl (C=O) groups excluding carboxylic acids is 1. The van der Waals surface area contributed by atoms with Gasteiger partial charge < -0.3 is 0 Å². The van der Waals surface area contributed by atoms with Crippen molar-refractivity contribution in [2.24, 2.45) is 5.92 Å². The van der Waals surface area contributed by atoms with Crippen molar-refractivity contribution < 1.29 is 4.79 Å². The second kappa shape index (κ2) is 6.56. The molecule has 0 unspecified atom stereocenters. The summed E-state index contributed by atoms with van der Waals surface area (Å²) in [5.41, 5.74) is 2.41. The Morgan fingerprint density at radius 1 is 1.15 bits per heavy atom. The zero-order chi connectivity index (χ0) is 14.6. The number of rotatable bonds is 6. The summed E-state index contributed by atoms with van der Waals surface area (Å²) in [5.74, 6) is 1.12. The van der Waals surface area contributed by atoms with Crippen LogP contribution in [0.1, 0.15) is 81.6 Å². The maximum absolute atomic E-state index is 12.2. The van der Waals surface area contributed by atoms with Gasteiger partial charge in [0.15, 0.2) is 5.78 Å². The van der Waals surface area contributed by atoms with Gasteiger partial charge in [-0.1, -0.05) is 70.7 Å². The Morgan fingerprint density at radius 2 is 1.75 bits per heavy atom. The fourth-order valence-corrected chi connectivity index (χ4v) is 3.09. The molecule has 0 N–H and O–H groups in total. The van der Waals surface area contributed by atoms with Gasteiger partial charge in [-0.15, -0.1) is 0 Å². The van der Waals surface area contributed by atoms with Crippen LogP contribution >= 0.6 is 0 Å². The first kappa shape index (κ1) is 15.3. The molecule has 1 saturated carbocycles. The zero-order valence-corrected chi connectivity index (χ0v) is 13.2. The van der Waals surface area contributed by atoms with Gasteiger partial charge in [-0.3, -0.25) is 4.79 Å². The van der Waals surface area contributed by atoms with E-state index in [-0.39, 0.29) is 5.41 Å². The molecule has 1 aromatic carbocycles. The van der Waals surface area contributed by atoms with E-state index in [1.54, 1.807) is 0 Å². The standard InChI is InChI=1S/C19H28O/c1-4-19(2,3)17-12-10-16(11-13-17)18(20)14-9-15-7-5-6-8-15/h10-13,15H,4-9,14H2,1-3H3. The van der Waals surface area contributed by atoms with E-state index >= 15 is 0 Å². The Morgan fingerprint density at radius 3 is 2.30 bits per heavy atom. The molecule has 110 valence electrons. The van der Waals surface area contributed by atoms with Crippen molar-refractivity contribution in [1.82, 2.24) is 0 Å². The van der Waals surface area contributed by atoms with Crippen molar-refractivity contribution in [3.05, 3.63) is 35.4 Å². The molecule has 0 aromatic heterocycles. The van der Waals surface area contributed by atoms with Gasteiger partial charge in [0.1, 0.15) is 0 Å². The summed E-state index contributed by atoms with van der Waals surface area (Å²) in [5, 5.41) is 0. The Kier molecular flexibility index (Phi) is 5.01. The van der Waals surface area contributed by atoms with Crippen molar-refractivity contribution in [3.63, 3.8) is 0 Å². The highest BCUT2D eigenvalue weighted by atomic mass is 16.1. The molecule has 0 aliphatic heterocycles. The predicted molar refractivity (Wildman–Crippen MR) is 85.3 cm³/mol. The van der Waals surface area contributed by atoms with Crippen LogP contribution in [-0.2, 0) is 5.41 Å². The summed E-state index contributed by atoms with van der Waals surface area (Å²) >= 11 is 0. The molecule has 2 rings (SSSR count). The van der Waals surface area contributed by atoms with Gasteiger partial charge in [0.05, 0.1) is 0 Å². The first-order valence-electron chi connectivity index (χ1n) is 8.16. The van der Waals surface area contributed by atoms with Crippen LogP contribution in [0.15, 0.2) is 24.3 Å². The Bertz CT molecular complexity index is 435. The summed E-state index contributed by atoms with van der Waals surface area (Å²) in [6.07, 6.45) is 8.30. The predicted octanol–water partition coefficient (Wildman–Crippen LogP) is 5.53. The quantitative estimate of drug-likeness (QED) is 0.622. The summed E-state index contributed by atoms with van der Waals surface area (Å²) in [7, 11) is 0. The van der Waals surface area contributed by atoms with Crippen LogP contribution in [0.25, 0.3) is 0 Å². The molecule has 20 heavy (non-hydrogen) atoms. The van der Waals surface area contributed by atoms with Crippen LogP contribution in [0.2, 0.25) is 0 Å². The van der Waals surface area contributed by atoms with Crippen LogP contribution in [0.3, 0.4) is 0 Å². The monoisotopic (exact) mass is 272 g/mol. The molecule has 1 aromatic rings. The normalized spacial score (nSPS) is 16.6. The van der Waals surface area contributed by atoms with Gasteiger partial charge >= 0.3 is 0 Å². The van der Waals surface area contributed by atoms with Gasteiger partial charge in [0.25, 0.3) is 0 Å². The molecule has 0 radical (unpaired) electrons. The molecule has 1 fully saturated rings. The first-order valence-corrected chi connectivity index (χ1v) is 8.16. The molecule has 1 heteroatoms. The largest absolute Gasteiger partial charge is 0.294 e. The van der Waals surface area contributed by atoms with Gasteiger partial charge in [0, 0.05) is 12.0 Å². The minimum Gasteiger partial charge on any atom is -0.294 e. The topological polar surface area (TPSA) is 17.1 Å². The Hall–Kier alpha value is -1.11. The number of hydrogen-bond donors (Lipinski definition) is 0. The molecule has 0 atom stereocenters. The van der Waals surface area contributed by atoms with Gasteiger partial charge in [-0.05, 0) is 29.7 Å². The molecule has 0 bridgehead atoms. The van der Waals surface area contributed by atoms with E-state index in [0.717, 1.165) is 30.7 Å². The third-order valence-electron chi connectivity index (χ3n) is 5.13. The fraction of sp³-hybridized carbons (Fsp3) is 0.632. The van der Waals surface area contributed by atoms with E-state index in [1.165, 1.54) is 31.2 Å². The van der Waals surface area contributed by atoms with Crippen molar-refractivity contribution in [2.45, 2.75) is 71.1 Å². The molecular formula is C19H28O. The van der Waals surface area contributed by atoms with Gasteiger partial charge in [0.2, 0.25) is 0 Å². The lowest BCUT2D eigenvalue weighted by Gasteiger charge is -2.23. The van der Waals surface area contributed by atoms with Crippen LogP contribution in [-0.4, -0.2) is 5.78 Å². The minimum atomic E-state index is 0.200. The molecule has 0 saturated heterocycles. The van der Waals surface area contributed by atoms with Crippen molar-refractivity contribution in [1.29, 1.82) is 0 Å². The Balaban J connectivity index is 1.93. The number of carbonyl (C=O) groups is 1. The second-order valence-electron chi connectivity index (χ2n) is 6.93. The van der Waals surface area contributed by atoms with E-state index in [0.29, 0.717) is 5.78 Å². The lowest BCUT2D eigenvalue weighted by molar-refractivity contribution is 0.0974. The molecule has 0 amide bonds. The molecule has 1 aliphatic rings. The minimum absolute atomic E-state index is 0.200. The lowest BCUT2D eigenvalue weighted by atomic mass is 9.82. The third-order valence-corrected chi connectivity index (χ3v) is 5.13. The summed E-state index contributed by atoms with van der Waals surface area (Å²) in [4.78, 5) is 12.2. The van der Waals surface area contributed by atoms with Crippen LogP contribution in [0.5, 0.6) is 0 Å². The smallest absolute Gasteiger partial charge is 0.162 e. The third kappa shape index (κ3) is 3.71. The average Bonchev–Trinajstić information content (AvgIpc) is 2.98. The maximum atomic E-state index is 12.2. The molecule has 0 spiro atoms. The first-order chi connectivity index (χ1) is 9.53. The number of benzene rings is 1. The SMILES string of the molecule is CCC(C)(C)c1ccc(C(=O)CCC2CCCC2)cc1. The maximum Gasteiger partial charge on any atom is 0.162 e. The lowest BCUT2D eigenvalue weighted by Crippen LogP contribution is -2.15. The van der Waals surface area contributed by atoms with E-state index in [4.69, 9.17) is 0 Å². The van der Waals surface area contributed by atoms with E-state index in [2.05, 4.69) is 32.9 Å². The molecule has 1 aliphatic carbocycles. The highest BCUT2D eigenvalue weighted by molar-refractivity contribution is 5.96. The van der Waals surface area contributed by atoms with Crippen LogP contribution < -0.4 is 0 Å². The number of hydrogen-bond acceptors (Lipinski definition) is 1. The fourth-order valence-electron chi connectivity index (χ4n) is 3.09. The highest BCUT2D eigenvalue weighted by Gasteiger charge is 2.19. The van der Waals surface area contributed by atoms with Gasteiger partial charge in [-0.2, -0.15) is 0 Å². The highest BCUT2D eigenvalue weighted by Crippen LogP contribution is 2.30. The molecule has 1 nitrogen and oxygen atoms in total. The van der Waals surface area contributed by atoms with Crippen molar-refractivity contribution >= 4 is 5.78 Å². The summed E-state index contributed by atoms with van der Waals surface area (Å²) in [6.45, 7) is 6.72. The molecular weight excluding hydrogens is 244 g/mol. The van der Waals surface area contributed by atoms with Crippen LogP contribution in [0, 0.1) is 5.92 Å². The molecule has 0 heterocycles. The number of ketones is 1. The van der Waals surface area contributed by atoms with E-state index in [1.807, 2.05) is 12.1 Å². The average molecular weight is 272 g/mol. The zero-order valence-electron chi connectivity index (χ0n) is 13.2. The Labute approximate surface area is 123 Å². The van der Waals surface area contributed by atoms with Crippen LogP contribution in [0.4, 0.5) is 0 Å². The van der Waals surface area contributed by atoms with E-state index in [9.17, 15) is 4.79 Å². The number of Topliss-reactive ketones (excluding diaryl/α,β-unsaturated/α-hetero) is 1. The summed E-state index contributed by atoms with van der Waals surface area (Å²) in [6, 6.07) is 8.30. The second-order valence-corrected chi connectivity index (χ2v) is 6.93.